The maximum Gasteiger partial charge on any atom is 0.573 e. The molecule has 22 heavy (non-hydrogen) atoms. The van der Waals surface area contributed by atoms with Gasteiger partial charge in [0.15, 0.2) is 0 Å². The molecule has 1 heterocycles. The molecule has 118 valence electrons. The Kier molecular flexibility index (Phi) is 4.59. The Morgan fingerprint density at radius 3 is 2.64 bits per heavy atom. The monoisotopic (exact) mass is 380 g/mol. The molecule has 0 amide bonds. The molecule has 0 spiro atoms. The molecule has 6 nitrogen and oxygen atoms in total. The number of carbonyl (C=O) groups excluding carboxylic acids is 1. The van der Waals surface area contributed by atoms with Crippen molar-refractivity contribution >= 4 is 20.6 Å². The number of alkyl halides is 3. The predicted octanol–water partition coefficient (Wildman–Crippen LogP) is 3.13. The van der Waals surface area contributed by atoms with E-state index in [0.717, 1.165) is 6.07 Å². The van der Waals surface area contributed by atoms with Gasteiger partial charge in [-0.05, 0) is 28.1 Å². The Bertz CT molecular complexity index is 687. The average Bonchev–Trinajstić information content (AvgIpc) is 2.81. The minimum atomic E-state index is -4.91. The Hall–Kier alpha value is -2.23. The molecule has 0 bridgehead atoms. The Morgan fingerprint density at radius 2 is 2.09 bits per heavy atom. The normalized spacial score (nSPS) is 11.3. The van der Waals surface area contributed by atoms with Crippen molar-refractivity contribution in [3.63, 3.8) is 0 Å². The number of carbonyl (C=O) groups is 1. The molecule has 0 unspecified atom stereocenters. The first kappa shape index (κ1) is 16.1. The summed E-state index contributed by atoms with van der Waals surface area (Å²) in [5.41, 5.74) is -0.139. The molecule has 10 heteroatoms. The summed E-state index contributed by atoms with van der Waals surface area (Å²) in [4.78, 5) is 11.9. The van der Waals surface area contributed by atoms with Crippen molar-refractivity contribution in [3.8, 4) is 11.6 Å². The van der Waals surface area contributed by atoms with E-state index in [1.165, 1.54) is 24.4 Å². The summed E-state index contributed by atoms with van der Waals surface area (Å²) in [5, 5.41) is 12.5. The van der Waals surface area contributed by atoms with E-state index in [4.69, 9.17) is 9.94 Å². The van der Waals surface area contributed by atoms with Gasteiger partial charge in [0, 0.05) is 17.2 Å². The van der Waals surface area contributed by atoms with Crippen LogP contribution in [0.3, 0.4) is 0 Å². The molecular weight excluding hydrogens is 373 g/mol. The average molecular weight is 381 g/mol. The number of hydrogen-bond donors (Lipinski definition) is 1. The molecule has 1 N–H and O–H groups in total. The van der Waals surface area contributed by atoms with Crippen LogP contribution in [-0.2, 0) is 6.61 Å². The molecule has 0 fully saturated rings. The van der Waals surface area contributed by atoms with Crippen molar-refractivity contribution in [1.29, 1.82) is 0 Å². The van der Waals surface area contributed by atoms with E-state index in [2.05, 4.69) is 25.8 Å². The minimum Gasteiger partial charge on any atom is -0.471 e. The van der Waals surface area contributed by atoms with Gasteiger partial charge in [-0.1, -0.05) is 11.2 Å². The number of rotatable bonds is 5. The molecule has 2 rings (SSSR count). The lowest BCUT2D eigenvalue weighted by molar-refractivity contribution is -0.275. The van der Waals surface area contributed by atoms with Crippen molar-refractivity contribution in [3.05, 3.63) is 41.6 Å². The molecule has 0 saturated carbocycles. The number of hydrogen-bond acceptors (Lipinski definition) is 5. The molecule has 1 aromatic heterocycles. The predicted molar refractivity (Wildman–Crippen MR) is 70.1 cm³/mol. The smallest absolute Gasteiger partial charge is 0.471 e. The minimum absolute atomic E-state index is 0.0303. The second kappa shape index (κ2) is 6.26. The second-order valence-electron chi connectivity index (χ2n) is 3.97. The molecule has 2 aromatic rings. The zero-order valence-electron chi connectivity index (χ0n) is 10.7. The number of nitrogens with zero attached hydrogens (tertiary/aromatic N) is 2. The Morgan fingerprint density at radius 1 is 1.36 bits per heavy atom. The zero-order chi connectivity index (χ0) is 16.3. The lowest BCUT2D eigenvalue weighted by Crippen LogP contribution is -2.19. The van der Waals surface area contributed by atoms with E-state index in [-0.39, 0.29) is 17.0 Å². The van der Waals surface area contributed by atoms with Gasteiger partial charge < -0.3 is 14.7 Å². The third-order valence-corrected chi connectivity index (χ3v) is 2.91. The first-order valence-corrected chi connectivity index (χ1v) is 6.51. The fourth-order valence-corrected chi connectivity index (χ4v) is 2.01. The largest absolute Gasteiger partial charge is 0.573 e. The molecular formula is C12H8BrF3N2O4. The molecule has 0 saturated heterocycles. The van der Waals surface area contributed by atoms with Crippen LogP contribution in [0.2, 0.25) is 0 Å². The summed E-state index contributed by atoms with van der Waals surface area (Å²) < 4.78 is 45.7. The van der Waals surface area contributed by atoms with Gasteiger partial charge in [0.1, 0.15) is 12.4 Å². The number of benzene rings is 1. The fraction of sp³-hybridized carbons (Fsp3) is 0.167. The summed E-state index contributed by atoms with van der Waals surface area (Å²) in [6, 6.07) is 4.93. The second-order valence-corrected chi connectivity index (χ2v) is 4.69. The summed E-state index contributed by atoms with van der Waals surface area (Å²) in [7, 11) is 0. The van der Waals surface area contributed by atoms with Crippen LogP contribution in [0.4, 0.5) is 13.2 Å². The van der Waals surface area contributed by atoms with Gasteiger partial charge in [-0.25, -0.2) is 0 Å². The van der Waals surface area contributed by atoms with Crippen LogP contribution < -0.4 is 9.47 Å². The third kappa shape index (κ3) is 4.13. The maximum atomic E-state index is 12.4. The van der Waals surface area contributed by atoms with Crippen molar-refractivity contribution in [2.75, 3.05) is 0 Å². The van der Waals surface area contributed by atoms with Crippen LogP contribution >= 0.6 is 15.9 Å². The highest BCUT2D eigenvalue weighted by molar-refractivity contribution is 9.18. The van der Waals surface area contributed by atoms with Crippen molar-refractivity contribution in [1.82, 2.24) is 9.94 Å². The SMILES string of the molecule is O=C(Br)c1cccc(OC(F)(F)F)c1COc1ccn(O)n1. The van der Waals surface area contributed by atoms with Crippen LogP contribution in [0.5, 0.6) is 11.6 Å². The maximum absolute atomic E-state index is 12.4. The number of halogens is 4. The molecule has 1 aromatic carbocycles. The van der Waals surface area contributed by atoms with Crippen molar-refractivity contribution < 1.29 is 32.6 Å². The summed E-state index contributed by atoms with van der Waals surface area (Å²) in [6.07, 6.45) is -3.74. The highest BCUT2D eigenvalue weighted by Gasteiger charge is 2.33. The van der Waals surface area contributed by atoms with Gasteiger partial charge in [0.25, 0.3) is 0 Å². The molecule has 0 atom stereocenters. The summed E-state index contributed by atoms with van der Waals surface area (Å²) in [6.45, 7) is -0.407. The van der Waals surface area contributed by atoms with Crippen molar-refractivity contribution in [2.45, 2.75) is 13.0 Å². The van der Waals surface area contributed by atoms with E-state index >= 15 is 0 Å². The van der Waals surface area contributed by atoms with E-state index in [0.29, 0.717) is 4.85 Å². The summed E-state index contributed by atoms with van der Waals surface area (Å²) >= 11 is 2.69. The zero-order valence-corrected chi connectivity index (χ0v) is 12.3. The van der Waals surface area contributed by atoms with Crippen LogP contribution in [0, 0.1) is 0 Å². The highest BCUT2D eigenvalue weighted by Crippen LogP contribution is 2.30. The van der Waals surface area contributed by atoms with Gasteiger partial charge in [-0.15, -0.1) is 18.0 Å². The molecule has 0 aliphatic heterocycles. The lowest BCUT2D eigenvalue weighted by Gasteiger charge is -2.15. The number of ether oxygens (including phenoxy) is 2. The third-order valence-electron chi connectivity index (χ3n) is 2.49. The molecule has 0 aliphatic rings. The highest BCUT2D eigenvalue weighted by atomic mass is 79.9. The van der Waals surface area contributed by atoms with Crippen LogP contribution in [0.15, 0.2) is 30.5 Å². The topological polar surface area (TPSA) is 73.6 Å². The lowest BCUT2D eigenvalue weighted by atomic mass is 10.1. The fourth-order valence-electron chi connectivity index (χ4n) is 1.64. The molecule has 0 aliphatic carbocycles. The van der Waals surface area contributed by atoms with Gasteiger partial charge in [-0.3, -0.25) is 4.79 Å². The van der Waals surface area contributed by atoms with E-state index < -0.39 is 23.4 Å². The first-order valence-electron chi connectivity index (χ1n) is 5.71. The Balaban J connectivity index is 2.30. The van der Waals surface area contributed by atoms with Crippen molar-refractivity contribution in [2.24, 2.45) is 0 Å². The van der Waals surface area contributed by atoms with Gasteiger partial charge in [-0.2, -0.15) is 0 Å². The van der Waals surface area contributed by atoms with Gasteiger partial charge in [0.2, 0.25) is 10.6 Å². The Labute approximate surface area is 130 Å². The van der Waals surface area contributed by atoms with E-state index in [9.17, 15) is 18.0 Å². The van der Waals surface area contributed by atoms with E-state index in [1.54, 1.807) is 0 Å². The first-order chi connectivity index (χ1) is 10.3. The number of aromatic nitrogens is 2. The van der Waals surface area contributed by atoms with Gasteiger partial charge in [0.05, 0.1) is 6.20 Å². The van der Waals surface area contributed by atoms with Crippen LogP contribution in [0.1, 0.15) is 15.9 Å². The van der Waals surface area contributed by atoms with Crippen LogP contribution in [0.25, 0.3) is 0 Å². The van der Waals surface area contributed by atoms with E-state index in [1.807, 2.05) is 0 Å². The molecule has 0 radical (unpaired) electrons. The van der Waals surface area contributed by atoms with Gasteiger partial charge >= 0.3 is 6.36 Å². The standard InChI is InChI=1S/C12H8BrF3N2O4/c13-11(19)7-2-1-3-9(22-12(14,15)16)8(7)6-21-10-4-5-18(20)17-10/h1-5,20H,6H2. The quantitative estimate of drug-likeness (QED) is 0.637. The van der Waals surface area contributed by atoms with Crippen LogP contribution in [-0.4, -0.2) is 26.2 Å². The summed E-state index contributed by atoms with van der Waals surface area (Å²) in [5.74, 6) is -0.585.